The van der Waals surface area contributed by atoms with Crippen LogP contribution in [0.2, 0.25) is 0 Å². The van der Waals surface area contributed by atoms with Crippen molar-refractivity contribution in [1.82, 2.24) is 0 Å². The average molecular weight is 335 g/mol. The Morgan fingerprint density at radius 3 is 2.65 bits per heavy atom. The van der Waals surface area contributed by atoms with E-state index in [0.29, 0.717) is 11.4 Å². The number of halogens is 2. The number of nitrogens with one attached hydrogen (secondary N) is 1. The molecule has 0 unspecified atom stereocenters. The topological polar surface area (TPSA) is 45.0 Å². The Bertz CT molecular complexity index is 695. The zero-order valence-electron chi connectivity index (χ0n) is 11.0. The van der Waals surface area contributed by atoms with Gasteiger partial charge in [0.05, 0.1) is 28.5 Å². The van der Waals surface area contributed by atoms with Crippen molar-refractivity contribution in [1.29, 1.82) is 5.26 Å². The fourth-order valence-corrected chi connectivity index (χ4v) is 2.23. The molecule has 0 saturated carbocycles. The highest BCUT2D eigenvalue weighted by atomic mass is 79.9. The molecule has 0 fully saturated rings. The molecule has 0 saturated heterocycles. The minimum absolute atomic E-state index is 0.150. The first-order valence-electron chi connectivity index (χ1n) is 5.86. The number of rotatable bonds is 3. The third-order valence-corrected chi connectivity index (χ3v) is 3.60. The van der Waals surface area contributed by atoms with Gasteiger partial charge >= 0.3 is 0 Å². The molecule has 0 atom stereocenters. The highest BCUT2D eigenvalue weighted by Crippen LogP contribution is 2.32. The lowest BCUT2D eigenvalue weighted by molar-refractivity contribution is 0.416. The van der Waals surface area contributed by atoms with E-state index < -0.39 is 5.82 Å². The van der Waals surface area contributed by atoms with E-state index in [-0.39, 0.29) is 15.7 Å². The molecular weight excluding hydrogens is 323 g/mol. The molecule has 0 heterocycles. The van der Waals surface area contributed by atoms with Gasteiger partial charge < -0.3 is 10.1 Å². The normalized spacial score (nSPS) is 9.95. The second kappa shape index (κ2) is 5.93. The van der Waals surface area contributed by atoms with Crippen LogP contribution in [0, 0.1) is 24.1 Å². The van der Waals surface area contributed by atoms with E-state index in [1.54, 1.807) is 13.2 Å². The van der Waals surface area contributed by atoms with Crippen molar-refractivity contribution < 1.29 is 9.13 Å². The smallest absolute Gasteiger partial charge is 0.162 e. The summed E-state index contributed by atoms with van der Waals surface area (Å²) in [5.74, 6) is 0.114. The molecule has 102 valence electrons. The van der Waals surface area contributed by atoms with Crippen LogP contribution >= 0.6 is 15.9 Å². The van der Waals surface area contributed by atoms with Gasteiger partial charge in [-0.3, -0.25) is 0 Å². The van der Waals surface area contributed by atoms with Crippen molar-refractivity contribution in [3.05, 3.63) is 51.7 Å². The molecular formula is C15H12BrFN2O. The van der Waals surface area contributed by atoms with Crippen LogP contribution in [0.25, 0.3) is 0 Å². The second-order valence-electron chi connectivity index (χ2n) is 4.23. The van der Waals surface area contributed by atoms with Crippen LogP contribution in [-0.2, 0) is 0 Å². The molecule has 0 aliphatic heterocycles. The summed E-state index contributed by atoms with van der Waals surface area (Å²) in [6, 6.07) is 10.6. The predicted octanol–water partition coefficient (Wildman–Crippen LogP) is 4.52. The maximum atomic E-state index is 14.2. The number of nitriles is 1. The fourth-order valence-electron chi connectivity index (χ4n) is 1.80. The Balaban J connectivity index is 2.43. The van der Waals surface area contributed by atoms with E-state index in [0.717, 1.165) is 5.56 Å². The minimum atomic E-state index is -0.507. The first-order valence-corrected chi connectivity index (χ1v) is 6.66. The van der Waals surface area contributed by atoms with E-state index in [1.807, 2.05) is 31.2 Å². The minimum Gasteiger partial charge on any atom is -0.495 e. The number of ether oxygens (including phenoxy) is 1. The van der Waals surface area contributed by atoms with Gasteiger partial charge in [0.1, 0.15) is 11.8 Å². The molecule has 2 aromatic rings. The van der Waals surface area contributed by atoms with Crippen LogP contribution in [0.5, 0.6) is 5.75 Å². The third kappa shape index (κ3) is 2.75. The molecule has 0 aliphatic carbocycles. The quantitative estimate of drug-likeness (QED) is 0.897. The number of hydrogen-bond acceptors (Lipinski definition) is 3. The molecule has 3 nitrogen and oxygen atoms in total. The largest absolute Gasteiger partial charge is 0.495 e. The van der Waals surface area contributed by atoms with Gasteiger partial charge in [0.15, 0.2) is 5.82 Å². The summed E-state index contributed by atoms with van der Waals surface area (Å²) in [4.78, 5) is 0. The SMILES string of the molecule is COc1ccc(C)cc1Nc1ccc(C#N)c(Br)c1F. The van der Waals surface area contributed by atoms with Crippen molar-refractivity contribution in [2.24, 2.45) is 0 Å². The molecule has 0 aliphatic rings. The zero-order valence-corrected chi connectivity index (χ0v) is 12.6. The molecule has 5 heteroatoms. The molecule has 1 N–H and O–H groups in total. The Hall–Kier alpha value is -2.06. The van der Waals surface area contributed by atoms with Crippen LogP contribution in [0.1, 0.15) is 11.1 Å². The average Bonchev–Trinajstić information content (AvgIpc) is 2.44. The van der Waals surface area contributed by atoms with E-state index in [4.69, 9.17) is 10.00 Å². The third-order valence-electron chi connectivity index (χ3n) is 2.83. The highest BCUT2D eigenvalue weighted by Gasteiger charge is 2.12. The van der Waals surface area contributed by atoms with Gasteiger partial charge in [0.25, 0.3) is 0 Å². The van der Waals surface area contributed by atoms with E-state index in [9.17, 15) is 4.39 Å². The summed E-state index contributed by atoms with van der Waals surface area (Å²) < 4.78 is 19.6. The summed E-state index contributed by atoms with van der Waals surface area (Å²) >= 11 is 3.09. The zero-order chi connectivity index (χ0) is 14.7. The van der Waals surface area contributed by atoms with Crippen LogP contribution in [-0.4, -0.2) is 7.11 Å². The number of benzene rings is 2. The molecule has 0 bridgehead atoms. The summed E-state index contributed by atoms with van der Waals surface area (Å²) in [5, 5.41) is 11.8. The Labute approximate surface area is 125 Å². The molecule has 2 rings (SSSR count). The van der Waals surface area contributed by atoms with E-state index in [1.165, 1.54) is 6.07 Å². The molecule has 2 aromatic carbocycles. The van der Waals surface area contributed by atoms with E-state index >= 15 is 0 Å². The van der Waals surface area contributed by atoms with Crippen molar-refractivity contribution in [2.45, 2.75) is 6.92 Å². The predicted molar refractivity (Wildman–Crippen MR) is 79.8 cm³/mol. The number of methoxy groups -OCH3 is 1. The van der Waals surface area contributed by atoms with Crippen LogP contribution in [0.15, 0.2) is 34.8 Å². The van der Waals surface area contributed by atoms with Gasteiger partial charge in [-0.2, -0.15) is 5.26 Å². The van der Waals surface area contributed by atoms with Gasteiger partial charge in [0.2, 0.25) is 0 Å². The maximum absolute atomic E-state index is 14.2. The van der Waals surface area contributed by atoms with E-state index in [2.05, 4.69) is 21.2 Å². The summed E-state index contributed by atoms with van der Waals surface area (Å²) in [6.45, 7) is 1.94. The monoisotopic (exact) mass is 334 g/mol. The number of hydrogen-bond donors (Lipinski definition) is 1. The van der Waals surface area contributed by atoms with Gasteiger partial charge in [-0.05, 0) is 52.7 Å². The Kier molecular flexibility index (Phi) is 4.26. The Morgan fingerprint density at radius 1 is 1.25 bits per heavy atom. The lowest BCUT2D eigenvalue weighted by Gasteiger charge is -2.13. The van der Waals surface area contributed by atoms with Crippen molar-refractivity contribution in [3.8, 4) is 11.8 Å². The molecule has 20 heavy (non-hydrogen) atoms. The van der Waals surface area contributed by atoms with Crippen LogP contribution in [0.3, 0.4) is 0 Å². The maximum Gasteiger partial charge on any atom is 0.162 e. The van der Waals surface area contributed by atoms with Crippen molar-refractivity contribution in [2.75, 3.05) is 12.4 Å². The number of anilines is 2. The first-order chi connectivity index (χ1) is 9.56. The lowest BCUT2D eigenvalue weighted by Crippen LogP contribution is -1.99. The van der Waals surface area contributed by atoms with Crippen LogP contribution in [0.4, 0.5) is 15.8 Å². The standard InChI is InChI=1S/C15H12BrFN2O/c1-9-3-6-13(20-2)12(7-9)19-11-5-4-10(8-18)14(16)15(11)17/h3-7,19H,1-2H3. The first kappa shape index (κ1) is 14.4. The molecule has 0 radical (unpaired) electrons. The molecule has 0 amide bonds. The van der Waals surface area contributed by atoms with Crippen molar-refractivity contribution in [3.63, 3.8) is 0 Å². The van der Waals surface area contributed by atoms with Gasteiger partial charge in [0, 0.05) is 0 Å². The summed E-state index contributed by atoms with van der Waals surface area (Å²) in [7, 11) is 1.56. The van der Waals surface area contributed by atoms with Crippen molar-refractivity contribution >= 4 is 27.3 Å². The van der Waals surface area contributed by atoms with Gasteiger partial charge in [-0.25, -0.2) is 4.39 Å². The summed E-state index contributed by atoms with van der Waals surface area (Å²) in [5.41, 5.74) is 2.23. The highest BCUT2D eigenvalue weighted by molar-refractivity contribution is 9.10. The molecule has 0 aromatic heterocycles. The fraction of sp³-hybridized carbons (Fsp3) is 0.133. The number of aryl methyl sites for hydroxylation is 1. The van der Waals surface area contributed by atoms with Gasteiger partial charge in [-0.1, -0.05) is 6.07 Å². The Morgan fingerprint density at radius 2 is 2.00 bits per heavy atom. The summed E-state index contributed by atoms with van der Waals surface area (Å²) in [6.07, 6.45) is 0. The second-order valence-corrected chi connectivity index (χ2v) is 5.02. The lowest BCUT2D eigenvalue weighted by atomic mass is 10.1. The van der Waals surface area contributed by atoms with Gasteiger partial charge in [-0.15, -0.1) is 0 Å². The van der Waals surface area contributed by atoms with Crippen LogP contribution < -0.4 is 10.1 Å². The number of nitrogens with zero attached hydrogens (tertiary/aromatic N) is 1. The molecule has 0 spiro atoms.